The molecule has 0 bridgehead atoms. The molecule has 0 saturated carbocycles. The van der Waals surface area contributed by atoms with Gasteiger partial charge in [0, 0.05) is 17.5 Å². The van der Waals surface area contributed by atoms with Crippen molar-refractivity contribution in [1.82, 2.24) is 0 Å². The van der Waals surface area contributed by atoms with Crippen molar-refractivity contribution in [2.24, 2.45) is 0 Å². The number of rotatable bonds is 4. The Morgan fingerprint density at radius 3 is 2.47 bits per heavy atom. The maximum absolute atomic E-state index is 10.6. The zero-order valence-corrected chi connectivity index (χ0v) is 11.3. The Morgan fingerprint density at radius 2 is 2.00 bits per heavy atom. The molecule has 17 heavy (non-hydrogen) atoms. The van der Waals surface area contributed by atoms with Crippen molar-refractivity contribution in [3.05, 3.63) is 21.7 Å². The number of methoxy groups -OCH3 is 1. The predicted octanol–water partition coefficient (Wildman–Crippen LogP) is 3.36. The Morgan fingerprint density at radius 1 is 1.41 bits per heavy atom. The van der Waals surface area contributed by atoms with Gasteiger partial charge in [0.05, 0.1) is 12.1 Å². The Labute approximate surface area is 106 Å². The second-order valence-electron chi connectivity index (χ2n) is 4.16. The van der Waals surface area contributed by atoms with Gasteiger partial charge < -0.3 is 14.6 Å². The van der Waals surface area contributed by atoms with Crippen LogP contribution >= 0.6 is 11.6 Å². The van der Waals surface area contributed by atoms with Gasteiger partial charge in [-0.05, 0) is 25.3 Å². The van der Waals surface area contributed by atoms with Gasteiger partial charge in [0.15, 0.2) is 11.5 Å². The van der Waals surface area contributed by atoms with Crippen molar-refractivity contribution in [3.8, 4) is 11.5 Å². The predicted molar refractivity (Wildman–Crippen MR) is 68.2 cm³/mol. The molecular weight excluding hydrogens is 240 g/mol. The third kappa shape index (κ3) is 2.39. The first-order chi connectivity index (χ1) is 7.95. The minimum atomic E-state index is -0.0838. The number of aromatic hydroxyl groups is 1. The van der Waals surface area contributed by atoms with E-state index in [2.05, 4.69) is 0 Å². The number of hydrogen-bond acceptors (Lipinski definition) is 3. The molecule has 0 spiro atoms. The van der Waals surface area contributed by atoms with E-state index >= 15 is 0 Å². The summed E-state index contributed by atoms with van der Waals surface area (Å²) < 4.78 is 5.16. The summed E-state index contributed by atoms with van der Waals surface area (Å²) >= 11 is 6.20. The number of hydrogen-bond donors (Lipinski definition) is 1. The van der Waals surface area contributed by atoms with Crippen molar-refractivity contribution in [1.29, 1.82) is 0 Å². The van der Waals surface area contributed by atoms with E-state index in [1.807, 2.05) is 13.8 Å². The average molecular weight is 257 g/mol. The van der Waals surface area contributed by atoms with Gasteiger partial charge in [0.25, 0.3) is 0 Å². The van der Waals surface area contributed by atoms with Gasteiger partial charge in [0.1, 0.15) is 6.29 Å². The van der Waals surface area contributed by atoms with E-state index in [0.29, 0.717) is 28.3 Å². The summed E-state index contributed by atoms with van der Waals surface area (Å²) in [5, 5.41) is 10.7. The zero-order chi connectivity index (χ0) is 13.2. The lowest BCUT2D eigenvalue weighted by atomic mass is 9.91. The van der Waals surface area contributed by atoms with Crippen LogP contribution < -0.4 is 4.74 Å². The van der Waals surface area contributed by atoms with Gasteiger partial charge in [-0.15, -0.1) is 0 Å². The quantitative estimate of drug-likeness (QED) is 0.841. The molecule has 1 N–H and O–H groups in total. The molecule has 1 rings (SSSR count). The Bertz CT molecular complexity index is 441. The van der Waals surface area contributed by atoms with Gasteiger partial charge in [-0.3, -0.25) is 0 Å². The molecule has 1 aromatic carbocycles. The summed E-state index contributed by atoms with van der Waals surface area (Å²) in [5.74, 6) is 0.383. The van der Waals surface area contributed by atoms with Crippen molar-refractivity contribution >= 4 is 17.9 Å². The SMILES string of the molecule is COc1c(C)c(Cl)c(C)c(C(C)CC=O)c1O. The molecule has 3 nitrogen and oxygen atoms in total. The third-order valence-electron chi connectivity index (χ3n) is 3.02. The number of carbonyl (C=O) groups excluding carboxylic acids is 1. The number of halogens is 1. The Hall–Kier alpha value is -1.22. The second kappa shape index (κ2) is 5.41. The molecule has 4 heteroatoms. The normalized spacial score (nSPS) is 12.3. The smallest absolute Gasteiger partial charge is 0.165 e. The van der Waals surface area contributed by atoms with E-state index in [1.165, 1.54) is 7.11 Å². The summed E-state index contributed by atoms with van der Waals surface area (Å²) in [6, 6.07) is 0. The van der Waals surface area contributed by atoms with Gasteiger partial charge in [-0.2, -0.15) is 0 Å². The molecule has 1 atom stereocenters. The molecule has 0 amide bonds. The number of carbonyl (C=O) groups is 1. The van der Waals surface area contributed by atoms with E-state index in [1.54, 1.807) is 6.92 Å². The summed E-state index contributed by atoms with van der Waals surface area (Å²) in [7, 11) is 1.49. The van der Waals surface area contributed by atoms with E-state index in [9.17, 15) is 9.90 Å². The fourth-order valence-electron chi connectivity index (χ4n) is 2.09. The standard InChI is InChI=1S/C13H17ClO3/c1-7(5-6-15)10-8(2)11(14)9(3)13(17-4)12(10)16/h6-7,16H,5H2,1-4H3. The number of benzene rings is 1. The van der Waals surface area contributed by atoms with Crippen LogP contribution in [0.3, 0.4) is 0 Å². The lowest BCUT2D eigenvalue weighted by molar-refractivity contribution is -0.108. The Balaban J connectivity index is 3.49. The van der Waals surface area contributed by atoms with Crippen LogP contribution in [0.1, 0.15) is 36.0 Å². The number of aldehydes is 1. The number of phenols is 1. The minimum Gasteiger partial charge on any atom is -0.504 e. The van der Waals surface area contributed by atoms with Crippen LogP contribution in [0.25, 0.3) is 0 Å². The lowest BCUT2D eigenvalue weighted by Crippen LogP contribution is -2.02. The van der Waals surface area contributed by atoms with Crippen LogP contribution in [0.4, 0.5) is 0 Å². The topological polar surface area (TPSA) is 46.5 Å². The van der Waals surface area contributed by atoms with Crippen LogP contribution in [-0.2, 0) is 4.79 Å². The van der Waals surface area contributed by atoms with Crippen molar-refractivity contribution in [2.75, 3.05) is 7.11 Å². The van der Waals surface area contributed by atoms with E-state index in [4.69, 9.17) is 16.3 Å². The fraction of sp³-hybridized carbons (Fsp3) is 0.462. The molecule has 0 aliphatic rings. The first kappa shape index (κ1) is 13.8. The minimum absolute atomic E-state index is 0.0838. The molecule has 0 aromatic heterocycles. The fourth-order valence-corrected chi connectivity index (χ4v) is 2.28. The molecule has 0 radical (unpaired) electrons. The molecule has 0 fully saturated rings. The zero-order valence-electron chi connectivity index (χ0n) is 10.5. The van der Waals surface area contributed by atoms with Crippen LogP contribution in [0.15, 0.2) is 0 Å². The van der Waals surface area contributed by atoms with Gasteiger partial charge in [-0.1, -0.05) is 18.5 Å². The molecule has 0 aliphatic heterocycles. The van der Waals surface area contributed by atoms with Crippen molar-refractivity contribution in [3.63, 3.8) is 0 Å². The molecular formula is C13H17ClO3. The molecule has 0 saturated heterocycles. The Kier molecular flexibility index (Phi) is 4.40. The summed E-state index contributed by atoms with van der Waals surface area (Å²) in [6.07, 6.45) is 1.18. The molecule has 0 aliphatic carbocycles. The van der Waals surface area contributed by atoms with Crippen LogP contribution in [0.5, 0.6) is 11.5 Å². The molecule has 1 unspecified atom stereocenters. The van der Waals surface area contributed by atoms with Crippen LogP contribution in [0, 0.1) is 13.8 Å². The highest BCUT2D eigenvalue weighted by atomic mass is 35.5. The third-order valence-corrected chi connectivity index (χ3v) is 3.59. The van der Waals surface area contributed by atoms with E-state index in [0.717, 1.165) is 11.8 Å². The van der Waals surface area contributed by atoms with Gasteiger partial charge in [-0.25, -0.2) is 0 Å². The molecule has 1 aromatic rings. The first-order valence-corrected chi connectivity index (χ1v) is 5.82. The highest BCUT2D eigenvalue weighted by Gasteiger charge is 2.22. The van der Waals surface area contributed by atoms with E-state index in [-0.39, 0.29) is 11.7 Å². The maximum atomic E-state index is 10.6. The van der Waals surface area contributed by atoms with Crippen molar-refractivity contribution < 1.29 is 14.6 Å². The highest BCUT2D eigenvalue weighted by molar-refractivity contribution is 6.32. The largest absolute Gasteiger partial charge is 0.504 e. The highest BCUT2D eigenvalue weighted by Crippen LogP contribution is 2.44. The summed E-state index contributed by atoms with van der Waals surface area (Å²) in [5.41, 5.74) is 2.20. The summed E-state index contributed by atoms with van der Waals surface area (Å²) in [4.78, 5) is 10.6. The van der Waals surface area contributed by atoms with Gasteiger partial charge >= 0.3 is 0 Å². The molecule has 94 valence electrons. The average Bonchev–Trinajstić information content (AvgIpc) is 2.27. The number of phenolic OH excluding ortho intramolecular Hbond substituents is 1. The lowest BCUT2D eigenvalue weighted by Gasteiger charge is -2.20. The monoisotopic (exact) mass is 256 g/mol. The number of ether oxygens (including phenoxy) is 1. The van der Waals surface area contributed by atoms with Crippen LogP contribution in [-0.4, -0.2) is 18.5 Å². The summed E-state index contributed by atoms with van der Waals surface area (Å²) in [6.45, 7) is 5.51. The van der Waals surface area contributed by atoms with E-state index < -0.39 is 0 Å². The van der Waals surface area contributed by atoms with Gasteiger partial charge in [0.2, 0.25) is 0 Å². The van der Waals surface area contributed by atoms with Crippen molar-refractivity contribution in [2.45, 2.75) is 33.1 Å². The van der Waals surface area contributed by atoms with Crippen LogP contribution in [0.2, 0.25) is 5.02 Å². The second-order valence-corrected chi connectivity index (χ2v) is 4.54. The maximum Gasteiger partial charge on any atom is 0.165 e. The molecule has 0 heterocycles. The first-order valence-electron chi connectivity index (χ1n) is 5.44.